The second kappa shape index (κ2) is 8.24. The lowest BCUT2D eigenvalue weighted by Crippen LogP contribution is -2.23. The van der Waals surface area contributed by atoms with E-state index >= 15 is 0 Å². The molecule has 0 aliphatic carbocycles. The summed E-state index contributed by atoms with van der Waals surface area (Å²) in [6.07, 6.45) is 1.45. The first-order valence-corrected chi connectivity index (χ1v) is 12.0. The fourth-order valence-electron chi connectivity index (χ4n) is 4.85. The molecule has 7 rings (SSSR count). The lowest BCUT2D eigenvalue weighted by Gasteiger charge is -2.14. The fraction of sp³-hybridized carbons (Fsp3) is 0.185. The molecule has 9 nitrogen and oxygen atoms in total. The summed E-state index contributed by atoms with van der Waals surface area (Å²) in [6.45, 7) is 2.43. The van der Waals surface area contributed by atoms with Gasteiger partial charge in [-0.25, -0.2) is 13.6 Å². The molecule has 0 spiro atoms. The van der Waals surface area contributed by atoms with Crippen molar-refractivity contribution in [3.8, 4) is 17.1 Å². The van der Waals surface area contributed by atoms with Gasteiger partial charge in [-0.15, -0.1) is 10.2 Å². The molecule has 1 N–H and O–H groups in total. The van der Waals surface area contributed by atoms with Gasteiger partial charge < -0.3 is 15.0 Å². The number of benzene rings is 2. The minimum atomic E-state index is -0.289. The molecule has 2 atom stereocenters. The van der Waals surface area contributed by atoms with Crippen LogP contribution in [0.5, 0.6) is 0 Å². The van der Waals surface area contributed by atoms with E-state index in [1.165, 1.54) is 12.1 Å². The van der Waals surface area contributed by atoms with Crippen LogP contribution in [-0.2, 0) is 11.3 Å². The number of epoxide rings is 1. The zero-order valence-electron chi connectivity index (χ0n) is 20.2. The molecule has 37 heavy (non-hydrogen) atoms. The molecule has 0 saturated carbocycles. The van der Waals surface area contributed by atoms with Gasteiger partial charge in [-0.2, -0.15) is 5.10 Å². The van der Waals surface area contributed by atoms with Crippen LogP contribution in [-0.4, -0.2) is 42.8 Å². The number of rotatable bonds is 5. The molecule has 2 aliphatic rings. The molecular weight excluding hydrogens is 471 g/mol. The minimum Gasteiger partial charge on any atom is -0.342 e. The Labute approximate surface area is 212 Å². The number of halogens is 1. The molecule has 2 unspecified atom stereocenters. The Morgan fingerprint density at radius 2 is 1.81 bits per heavy atom. The van der Waals surface area contributed by atoms with Gasteiger partial charge in [0.25, 0.3) is 0 Å². The summed E-state index contributed by atoms with van der Waals surface area (Å²) in [4.78, 5) is 6.42. The molecule has 0 radical (unpaired) electrons. The molecule has 0 amide bonds. The smallest absolute Gasteiger partial charge is 0.235 e. The number of nitrogens with zero attached hydrogens (tertiary/aromatic N) is 7. The molecule has 0 bridgehead atoms. The third kappa shape index (κ3) is 3.64. The number of aryl methyl sites for hydroxylation is 1. The van der Waals surface area contributed by atoms with Crippen molar-refractivity contribution >= 4 is 17.5 Å². The highest BCUT2D eigenvalue weighted by Crippen LogP contribution is 2.50. The van der Waals surface area contributed by atoms with E-state index in [4.69, 9.17) is 9.84 Å². The number of likely N-dealkylation sites (N-methyl/N-ethyl adjacent to an activating group) is 1. The largest absolute Gasteiger partial charge is 0.342 e. The van der Waals surface area contributed by atoms with E-state index in [-0.39, 0.29) is 18.1 Å². The topological polar surface area (TPSA) is 89.2 Å². The Morgan fingerprint density at radius 3 is 2.57 bits per heavy atom. The average Bonchev–Trinajstić information content (AvgIpc) is 3.53. The van der Waals surface area contributed by atoms with Gasteiger partial charge in [-0.3, -0.25) is 4.98 Å². The van der Waals surface area contributed by atoms with E-state index in [1.807, 2.05) is 46.3 Å². The number of nitrogens with one attached hydrogen (secondary N) is 1. The first kappa shape index (κ1) is 21.7. The van der Waals surface area contributed by atoms with Crippen LogP contribution in [0.1, 0.15) is 23.1 Å². The van der Waals surface area contributed by atoms with E-state index in [0.717, 1.165) is 45.5 Å². The van der Waals surface area contributed by atoms with E-state index in [2.05, 4.69) is 44.8 Å². The van der Waals surface area contributed by atoms with E-state index in [0.29, 0.717) is 12.5 Å². The van der Waals surface area contributed by atoms with Crippen molar-refractivity contribution in [2.45, 2.75) is 25.8 Å². The van der Waals surface area contributed by atoms with Crippen molar-refractivity contribution in [1.82, 2.24) is 29.5 Å². The molecule has 10 heteroatoms. The summed E-state index contributed by atoms with van der Waals surface area (Å²) >= 11 is 0. The Morgan fingerprint density at radius 1 is 1.00 bits per heavy atom. The number of aromatic nitrogens is 6. The van der Waals surface area contributed by atoms with Crippen molar-refractivity contribution < 1.29 is 9.13 Å². The standard InChI is InChI=1S/C27H23FN8O/c1-16-31-32-27-34(2)26-23(37-26)22-24(30-20-12-10-19(28)11-13-20)35(33-25(22)36(16)27)15-17-6-8-18(9-7-17)21-5-3-4-14-29-21/h3-14,23,26,30H,15H2,1-2H3. The Balaban J connectivity index is 1.32. The molecule has 3 aromatic heterocycles. The molecular formula is C27H23FN8O. The van der Waals surface area contributed by atoms with Crippen molar-refractivity contribution in [2.24, 2.45) is 0 Å². The molecule has 2 aromatic carbocycles. The first-order valence-electron chi connectivity index (χ1n) is 12.0. The van der Waals surface area contributed by atoms with Crippen LogP contribution in [0, 0.1) is 12.7 Å². The maximum Gasteiger partial charge on any atom is 0.235 e. The quantitative estimate of drug-likeness (QED) is 0.357. The number of anilines is 3. The molecule has 5 aromatic rings. The highest BCUT2D eigenvalue weighted by Gasteiger charge is 2.52. The normalized spacial score (nSPS) is 17.5. The van der Waals surface area contributed by atoms with Gasteiger partial charge >= 0.3 is 0 Å². The third-order valence-electron chi connectivity index (χ3n) is 6.79. The van der Waals surface area contributed by atoms with Crippen LogP contribution < -0.4 is 10.2 Å². The highest BCUT2D eigenvalue weighted by atomic mass is 19.1. The van der Waals surface area contributed by atoms with Crippen molar-refractivity contribution in [1.29, 1.82) is 0 Å². The predicted octanol–water partition coefficient (Wildman–Crippen LogP) is 4.61. The number of hydrogen-bond donors (Lipinski definition) is 1. The molecule has 5 heterocycles. The van der Waals surface area contributed by atoms with Crippen molar-refractivity contribution in [3.05, 3.63) is 95.7 Å². The predicted molar refractivity (Wildman–Crippen MR) is 136 cm³/mol. The SMILES string of the molecule is Cc1nnc2n1-c1nn(Cc3ccc(-c4ccccn4)cc3)c(Nc3ccc(F)cc3)c1C1OC1N2C. The maximum atomic E-state index is 13.6. The summed E-state index contributed by atoms with van der Waals surface area (Å²) in [6, 6.07) is 20.5. The second-order valence-corrected chi connectivity index (χ2v) is 9.23. The van der Waals surface area contributed by atoms with Gasteiger partial charge in [0.15, 0.2) is 12.0 Å². The second-order valence-electron chi connectivity index (χ2n) is 9.23. The van der Waals surface area contributed by atoms with Crippen LogP contribution >= 0.6 is 0 Å². The zero-order chi connectivity index (χ0) is 25.1. The summed E-state index contributed by atoms with van der Waals surface area (Å²) in [7, 11) is 1.95. The number of pyridine rings is 1. The highest BCUT2D eigenvalue weighted by molar-refractivity contribution is 5.68. The van der Waals surface area contributed by atoms with Crippen LogP contribution in [0.15, 0.2) is 72.9 Å². The summed E-state index contributed by atoms with van der Waals surface area (Å²) < 4.78 is 23.6. The summed E-state index contributed by atoms with van der Waals surface area (Å²) in [5, 5.41) is 17.2. The fourth-order valence-corrected chi connectivity index (χ4v) is 4.85. The van der Waals surface area contributed by atoms with Crippen molar-refractivity contribution in [2.75, 3.05) is 17.3 Å². The van der Waals surface area contributed by atoms with Gasteiger partial charge in [-0.1, -0.05) is 30.3 Å². The van der Waals surface area contributed by atoms with Crippen LogP contribution in [0.25, 0.3) is 17.1 Å². The third-order valence-corrected chi connectivity index (χ3v) is 6.79. The van der Waals surface area contributed by atoms with Crippen LogP contribution in [0.4, 0.5) is 21.8 Å². The van der Waals surface area contributed by atoms with Crippen molar-refractivity contribution in [3.63, 3.8) is 0 Å². The lowest BCUT2D eigenvalue weighted by molar-refractivity contribution is 0.368. The summed E-state index contributed by atoms with van der Waals surface area (Å²) in [5.74, 6) is 2.65. The average molecular weight is 495 g/mol. The Hall–Kier alpha value is -4.57. The number of hydrogen-bond acceptors (Lipinski definition) is 7. The van der Waals surface area contributed by atoms with Gasteiger partial charge in [0.2, 0.25) is 5.95 Å². The Kier molecular flexibility index (Phi) is 4.83. The molecule has 1 saturated heterocycles. The molecule has 1 fully saturated rings. The first-order chi connectivity index (χ1) is 18.1. The van der Waals surface area contributed by atoms with Crippen LogP contribution in [0.3, 0.4) is 0 Å². The minimum absolute atomic E-state index is 0.160. The van der Waals surface area contributed by atoms with Crippen LogP contribution in [0.2, 0.25) is 0 Å². The van der Waals surface area contributed by atoms with Gasteiger partial charge in [0.05, 0.1) is 17.8 Å². The van der Waals surface area contributed by atoms with E-state index in [1.54, 1.807) is 18.3 Å². The maximum absolute atomic E-state index is 13.6. The van der Waals surface area contributed by atoms with E-state index < -0.39 is 0 Å². The lowest BCUT2D eigenvalue weighted by atomic mass is 10.1. The number of fused-ring (bicyclic) bond motifs is 5. The number of ether oxygens (including phenoxy) is 1. The molecule has 2 aliphatic heterocycles. The Bertz CT molecular complexity index is 1590. The van der Waals surface area contributed by atoms with E-state index in [9.17, 15) is 4.39 Å². The zero-order valence-corrected chi connectivity index (χ0v) is 20.2. The van der Waals surface area contributed by atoms with Gasteiger partial charge in [0.1, 0.15) is 23.6 Å². The molecule has 184 valence electrons. The van der Waals surface area contributed by atoms with Gasteiger partial charge in [0, 0.05) is 24.5 Å². The summed E-state index contributed by atoms with van der Waals surface area (Å²) in [5.41, 5.74) is 4.73. The van der Waals surface area contributed by atoms with Gasteiger partial charge in [-0.05, 0) is 48.9 Å². The monoisotopic (exact) mass is 494 g/mol.